The topological polar surface area (TPSA) is 127 Å². The summed E-state index contributed by atoms with van der Waals surface area (Å²) in [5, 5.41) is 5.60. The van der Waals surface area contributed by atoms with Crippen molar-refractivity contribution in [1.29, 1.82) is 0 Å². The van der Waals surface area contributed by atoms with Gasteiger partial charge >= 0.3 is 5.97 Å². The lowest BCUT2D eigenvalue weighted by Gasteiger charge is -2.07. The van der Waals surface area contributed by atoms with Gasteiger partial charge in [-0.15, -0.1) is 11.3 Å². The smallest absolute Gasteiger partial charge is 0.345 e. The molecule has 0 saturated carbocycles. The second kappa shape index (κ2) is 10.7. The van der Waals surface area contributed by atoms with E-state index in [9.17, 15) is 18.0 Å². The van der Waals surface area contributed by atoms with Crippen LogP contribution >= 0.6 is 11.3 Å². The number of carbonyl (C=O) groups excluding carboxylic acids is 2. The maximum absolute atomic E-state index is 12.3. The predicted molar refractivity (Wildman–Crippen MR) is 132 cm³/mol. The number of aromatic nitrogens is 1. The van der Waals surface area contributed by atoms with Crippen molar-refractivity contribution in [2.45, 2.75) is 4.21 Å². The number of hydrogen-bond donors (Lipinski definition) is 2. The number of amides is 1. The van der Waals surface area contributed by atoms with Crippen molar-refractivity contribution in [2.75, 3.05) is 4.72 Å². The summed E-state index contributed by atoms with van der Waals surface area (Å²) < 4.78 is 32.5. The lowest BCUT2D eigenvalue weighted by Crippen LogP contribution is -2.17. The Morgan fingerprint density at radius 3 is 2.37 bits per heavy atom. The number of pyridine rings is 1. The average molecular weight is 507 g/mol. The minimum atomic E-state index is -3.66. The molecule has 0 aliphatic heterocycles. The standard InChI is InChI=1S/C24H18N4O5S2/c29-23(18-7-9-20(10-8-18)28-35(31,32)22-4-2-14-34-22)27-26-15-17-5-11-21(12-6-17)33-24(30)19-3-1-13-25-16-19/h1-16,28H,(H,27,29)/b26-15-. The van der Waals surface area contributed by atoms with E-state index < -0.39 is 21.9 Å². The molecule has 1 amide bonds. The number of hydrogen-bond acceptors (Lipinski definition) is 8. The van der Waals surface area contributed by atoms with E-state index in [2.05, 4.69) is 20.2 Å². The average Bonchev–Trinajstić information content (AvgIpc) is 3.42. The quantitative estimate of drug-likeness (QED) is 0.161. The maximum Gasteiger partial charge on any atom is 0.345 e. The van der Waals surface area contributed by atoms with Crippen LogP contribution in [-0.4, -0.2) is 31.5 Å². The van der Waals surface area contributed by atoms with Gasteiger partial charge in [0.1, 0.15) is 9.96 Å². The predicted octanol–water partition coefficient (Wildman–Crippen LogP) is 3.93. The normalized spacial score (nSPS) is 11.2. The number of esters is 1. The highest BCUT2D eigenvalue weighted by atomic mass is 32.2. The van der Waals surface area contributed by atoms with E-state index in [1.807, 2.05) is 0 Å². The van der Waals surface area contributed by atoms with E-state index in [-0.39, 0.29) is 4.21 Å². The molecule has 2 aromatic carbocycles. The largest absolute Gasteiger partial charge is 0.423 e. The zero-order valence-electron chi connectivity index (χ0n) is 18.0. The van der Waals surface area contributed by atoms with Gasteiger partial charge in [-0.25, -0.2) is 18.6 Å². The summed E-state index contributed by atoms with van der Waals surface area (Å²) in [5.74, 6) is -0.622. The summed E-state index contributed by atoms with van der Waals surface area (Å²) in [4.78, 5) is 28.2. The first-order valence-electron chi connectivity index (χ1n) is 10.1. The lowest BCUT2D eigenvalue weighted by molar-refractivity contribution is 0.0734. The number of carbonyl (C=O) groups is 2. The van der Waals surface area contributed by atoms with Crippen molar-refractivity contribution < 1.29 is 22.7 Å². The minimum Gasteiger partial charge on any atom is -0.423 e. The Kier molecular flexibility index (Phi) is 7.29. The van der Waals surface area contributed by atoms with Gasteiger partial charge in [0, 0.05) is 23.6 Å². The van der Waals surface area contributed by atoms with E-state index in [1.165, 1.54) is 42.7 Å². The van der Waals surface area contributed by atoms with Crippen LogP contribution < -0.4 is 14.9 Å². The number of nitrogens with zero attached hydrogens (tertiary/aromatic N) is 2. The second-order valence-corrected chi connectivity index (χ2v) is 9.87. The number of hydrazone groups is 1. The van der Waals surface area contributed by atoms with Crippen LogP contribution in [0, 0.1) is 0 Å². The monoisotopic (exact) mass is 506 g/mol. The number of ether oxygens (including phenoxy) is 1. The number of benzene rings is 2. The number of sulfonamides is 1. The fourth-order valence-electron chi connectivity index (χ4n) is 2.81. The molecule has 2 N–H and O–H groups in total. The molecule has 0 fully saturated rings. The van der Waals surface area contributed by atoms with Gasteiger partial charge < -0.3 is 4.74 Å². The molecule has 0 saturated heterocycles. The van der Waals surface area contributed by atoms with Gasteiger partial charge in [0.05, 0.1) is 11.8 Å². The molecule has 35 heavy (non-hydrogen) atoms. The van der Waals surface area contributed by atoms with Crippen LogP contribution in [0.25, 0.3) is 0 Å². The van der Waals surface area contributed by atoms with Gasteiger partial charge in [0.25, 0.3) is 15.9 Å². The maximum atomic E-state index is 12.3. The molecule has 0 bridgehead atoms. The Hall–Kier alpha value is -4.35. The number of nitrogens with one attached hydrogen (secondary N) is 2. The molecule has 176 valence electrons. The van der Waals surface area contributed by atoms with Crippen molar-refractivity contribution in [1.82, 2.24) is 10.4 Å². The van der Waals surface area contributed by atoms with Crippen LogP contribution in [0.5, 0.6) is 5.75 Å². The number of anilines is 1. The van der Waals surface area contributed by atoms with E-state index in [0.717, 1.165) is 11.3 Å². The number of thiophene rings is 1. The summed E-state index contributed by atoms with van der Waals surface area (Å²) in [6.45, 7) is 0. The highest BCUT2D eigenvalue weighted by molar-refractivity contribution is 7.94. The van der Waals surface area contributed by atoms with Gasteiger partial charge in [0.15, 0.2) is 0 Å². The highest BCUT2D eigenvalue weighted by Crippen LogP contribution is 2.20. The molecule has 0 spiro atoms. The van der Waals surface area contributed by atoms with Crippen LogP contribution in [0.2, 0.25) is 0 Å². The van der Waals surface area contributed by atoms with Crippen LogP contribution in [0.1, 0.15) is 26.3 Å². The Labute approximate surface area is 205 Å². The molecule has 9 nitrogen and oxygen atoms in total. The van der Waals surface area contributed by atoms with E-state index in [4.69, 9.17) is 4.74 Å². The zero-order valence-corrected chi connectivity index (χ0v) is 19.6. The van der Waals surface area contributed by atoms with Crippen molar-refractivity contribution in [2.24, 2.45) is 5.10 Å². The van der Waals surface area contributed by atoms with Crippen LogP contribution in [0.3, 0.4) is 0 Å². The summed E-state index contributed by atoms with van der Waals surface area (Å²) in [6.07, 6.45) is 4.42. The molecule has 2 aromatic heterocycles. The third-order valence-electron chi connectivity index (χ3n) is 4.53. The summed E-state index contributed by atoms with van der Waals surface area (Å²) in [6, 6.07) is 18.9. The van der Waals surface area contributed by atoms with E-state index in [0.29, 0.717) is 28.1 Å². The van der Waals surface area contributed by atoms with E-state index >= 15 is 0 Å². The van der Waals surface area contributed by atoms with Gasteiger partial charge in [-0.3, -0.25) is 14.5 Å². The molecule has 0 atom stereocenters. The van der Waals surface area contributed by atoms with Gasteiger partial charge in [-0.05, 0) is 77.7 Å². The fraction of sp³-hybridized carbons (Fsp3) is 0. The zero-order chi connectivity index (χ0) is 24.7. The summed E-state index contributed by atoms with van der Waals surface area (Å²) >= 11 is 1.11. The Morgan fingerprint density at radius 1 is 0.943 bits per heavy atom. The van der Waals surface area contributed by atoms with Gasteiger partial charge in [-0.1, -0.05) is 6.07 Å². The molecule has 11 heteroatoms. The molecule has 0 radical (unpaired) electrons. The summed E-state index contributed by atoms with van der Waals surface area (Å²) in [5.41, 5.74) is 4.06. The molecule has 4 aromatic rings. The van der Waals surface area contributed by atoms with Gasteiger partial charge in [0.2, 0.25) is 0 Å². The molecule has 2 heterocycles. The molecular formula is C24H18N4O5S2. The van der Waals surface area contributed by atoms with E-state index in [1.54, 1.807) is 54.0 Å². The van der Waals surface area contributed by atoms with Crippen molar-refractivity contribution in [3.63, 3.8) is 0 Å². The van der Waals surface area contributed by atoms with Gasteiger partial charge in [-0.2, -0.15) is 5.10 Å². The Morgan fingerprint density at radius 2 is 1.71 bits per heavy atom. The highest BCUT2D eigenvalue weighted by Gasteiger charge is 2.15. The fourth-order valence-corrected chi connectivity index (χ4v) is 4.86. The third-order valence-corrected chi connectivity index (χ3v) is 7.31. The molecule has 0 unspecified atom stereocenters. The van der Waals surface area contributed by atoms with Crippen LogP contribution in [0.4, 0.5) is 5.69 Å². The molecule has 0 aliphatic rings. The third kappa shape index (κ3) is 6.37. The lowest BCUT2D eigenvalue weighted by atomic mass is 10.2. The summed E-state index contributed by atoms with van der Waals surface area (Å²) in [7, 11) is -3.66. The number of rotatable bonds is 8. The van der Waals surface area contributed by atoms with Crippen molar-refractivity contribution >= 4 is 45.1 Å². The molecule has 0 aliphatic carbocycles. The first-order valence-corrected chi connectivity index (χ1v) is 12.5. The van der Waals surface area contributed by atoms with Crippen molar-refractivity contribution in [3.8, 4) is 5.75 Å². The SMILES string of the molecule is O=C(N/N=C\c1ccc(OC(=O)c2cccnc2)cc1)c1ccc(NS(=O)(=O)c2cccs2)cc1. The van der Waals surface area contributed by atoms with Crippen molar-refractivity contribution in [3.05, 3.63) is 107 Å². The van der Waals surface area contributed by atoms with Crippen LogP contribution in [0.15, 0.2) is 99.9 Å². The Bertz CT molecular complexity index is 1440. The molecule has 4 rings (SSSR count). The first-order chi connectivity index (χ1) is 16.9. The Balaban J connectivity index is 1.30. The minimum absolute atomic E-state index is 0.202. The first kappa shape index (κ1) is 23.8. The second-order valence-electron chi connectivity index (χ2n) is 7.01. The van der Waals surface area contributed by atoms with Crippen LogP contribution in [-0.2, 0) is 10.0 Å². The molecular weight excluding hydrogens is 488 g/mol.